The van der Waals surface area contributed by atoms with Crippen LogP contribution in [0.1, 0.15) is 57.3 Å². The van der Waals surface area contributed by atoms with Crippen LogP contribution in [0.4, 0.5) is 5.69 Å². The third kappa shape index (κ3) is 8.56. The van der Waals surface area contributed by atoms with Gasteiger partial charge in [-0.25, -0.2) is 4.79 Å². The molecule has 0 unspecified atom stereocenters. The highest BCUT2D eigenvalue weighted by molar-refractivity contribution is 9.10. The minimum Gasteiger partial charge on any atom is -0.462 e. The summed E-state index contributed by atoms with van der Waals surface area (Å²) in [4.78, 5) is 35.5. The molecule has 0 saturated heterocycles. The van der Waals surface area contributed by atoms with E-state index in [0.717, 1.165) is 12.8 Å². The molecule has 0 bridgehead atoms. The Balaban J connectivity index is 2.40. The number of hydrogen-bond donors (Lipinski definition) is 2. The fourth-order valence-corrected chi connectivity index (χ4v) is 2.25. The number of esters is 1. The number of hydrogen-bond acceptors (Lipinski definition) is 4. The second-order valence-electron chi connectivity index (χ2n) is 7.38. The van der Waals surface area contributed by atoms with E-state index in [4.69, 9.17) is 4.74 Å². The fourth-order valence-electron chi connectivity index (χ4n) is 2.09. The van der Waals surface area contributed by atoms with Crippen LogP contribution in [0.5, 0.6) is 0 Å². The minimum absolute atomic E-state index is 0.138. The van der Waals surface area contributed by atoms with Crippen LogP contribution in [0.15, 0.2) is 24.3 Å². The molecule has 0 spiro atoms. The Labute approximate surface area is 169 Å². The van der Waals surface area contributed by atoms with Crippen LogP contribution in [0.3, 0.4) is 0 Å². The molecule has 0 saturated carbocycles. The molecule has 0 aliphatic carbocycles. The first-order valence-corrected chi connectivity index (χ1v) is 10.1. The first-order chi connectivity index (χ1) is 12.6. The smallest absolute Gasteiger partial charge is 0.338 e. The highest BCUT2D eigenvalue weighted by Gasteiger charge is 2.28. The third-order valence-electron chi connectivity index (χ3n) is 3.78. The molecule has 150 valence electrons. The van der Waals surface area contributed by atoms with Crippen molar-refractivity contribution >= 4 is 39.4 Å². The molecule has 27 heavy (non-hydrogen) atoms. The lowest BCUT2D eigenvalue weighted by Gasteiger charge is -2.24. The molecule has 0 fully saturated rings. The highest BCUT2D eigenvalue weighted by atomic mass is 79.9. The van der Waals surface area contributed by atoms with Crippen LogP contribution < -0.4 is 10.6 Å². The Morgan fingerprint density at radius 2 is 1.78 bits per heavy atom. The number of alkyl halides is 1. The number of nitrogens with one attached hydrogen (secondary N) is 2. The van der Waals surface area contributed by atoms with Crippen LogP contribution in [-0.2, 0) is 14.3 Å². The van der Waals surface area contributed by atoms with Crippen LogP contribution in [0, 0.1) is 5.41 Å². The van der Waals surface area contributed by atoms with Crippen molar-refractivity contribution in [2.45, 2.75) is 51.8 Å². The van der Waals surface area contributed by atoms with Crippen molar-refractivity contribution in [1.29, 1.82) is 0 Å². The average Bonchev–Trinajstić information content (AvgIpc) is 2.60. The molecule has 1 rings (SSSR count). The predicted octanol–water partition coefficient (Wildman–Crippen LogP) is 3.90. The maximum Gasteiger partial charge on any atom is 0.338 e. The Morgan fingerprint density at radius 3 is 2.33 bits per heavy atom. The lowest BCUT2D eigenvalue weighted by atomic mass is 9.92. The zero-order chi connectivity index (χ0) is 20.4. The summed E-state index contributed by atoms with van der Waals surface area (Å²) in [7, 11) is 0. The van der Waals surface area contributed by atoms with Gasteiger partial charge in [0, 0.05) is 18.7 Å². The number of halogens is 1. The first kappa shape index (κ1) is 23.1. The standard InChI is InChI=1S/C20H29BrN2O4/c1-5-6-13-27-19(26)14-7-9-15(10-8-14)23-16(24)11-12-22-18(25)17(21)20(2,3)4/h7-10,17H,5-6,11-13H2,1-4H3,(H,22,25)(H,23,24)/t17-/m0/s1. The van der Waals surface area contributed by atoms with Crippen molar-refractivity contribution in [1.82, 2.24) is 5.32 Å². The van der Waals surface area contributed by atoms with E-state index < -0.39 is 0 Å². The summed E-state index contributed by atoms with van der Waals surface area (Å²) in [6, 6.07) is 6.54. The predicted molar refractivity (Wildman–Crippen MR) is 110 cm³/mol. The van der Waals surface area contributed by atoms with Crippen molar-refractivity contribution in [2.75, 3.05) is 18.5 Å². The monoisotopic (exact) mass is 440 g/mol. The van der Waals surface area contributed by atoms with Gasteiger partial charge in [0.1, 0.15) is 0 Å². The van der Waals surface area contributed by atoms with E-state index in [1.54, 1.807) is 24.3 Å². The van der Waals surface area contributed by atoms with Gasteiger partial charge in [0.25, 0.3) is 0 Å². The molecule has 0 aliphatic heterocycles. The molecule has 0 aliphatic rings. The van der Waals surface area contributed by atoms with Crippen molar-refractivity contribution in [3.63, 3.8) is 0 Å². The minimum atomic E-state index is -0.368. The van der Waals surface area contributed by atoms with Gasteiger partial charge in [0.05, 0.1) is 17.0 Å². The van der Waals surface area contributed by atoms with Gasteiger partial charge in [-0.05, 0) is 36.1 Å². The van der Waals surface area contributed by atoms with Crippen LogP contribution in [0.25, 0.3) is 0 Å². The molecule has 0 heterocycles. The van der Waals surface area contributed by atoms with Crippen LogP contribution >= 0.6 is 15.9 Å². The van der Waals surface area contributed by atoms with E-state index in [1.807, 2.05) is 27.7 Å². The normalized spacial score (nSPS) is 12.2. The molecule has 7 heteroatoms. The first-order valence-electron chi connectivity index (χ1n) is 9.14. The zero-order valence-corrected chi connectivity index (χ0v) is 18.0. The number of ether oxygens (including phenoxy) is 1. The number of rotatable bonds is 9. The molecule has 2 N–H and O–H groups in total. The molecule has 1 atom stereocenters. The maximum absolute atomic E-state index is 12.0. The van der Waals surface area contributed by atoms with Gasteiger partial charge in [-0.15, -0.1) is 0 Å². The number of amides is 2. The second-order valence-corrected chi connectivity index (χ2v) is 8.30. The van der Waals surface area contributed by atoms with Gasteiger partial charge in [-0.2, -0.15) is 0 Å². The largest absolute Gasteiger partial charge is 0.462 e. The number of carbonyl (C=O) groups excluding carboxylic acids is 3. The Hall–Kier alpha value is -1.89. The molecular formula is C20H29BrN2O4. The van der Waals surface area contributed by atoms with E-state index in [-0.39, 0.29) is 41.0 Å². The Morgan fingerprint density at radius 1 is 1.15 bits per heavy atom. The Kier molecular flexibility index (Phi) is 9.49. The van der Waals surface area contributed by atoms with E-state index in [9.17, 15) is 14.4 Å². The molecule has 1 aromatic carbocycles. The summed E-state index contributed by atoms with van der Waals surface area (Å²) in [5.74, 6) is -0.719. The second kappa shape index (κ2) is 11.1. The van der Waals surface area contributed by atoms with Gasteiger partial charge in [0.2, 0.25) is 11.8 Å². The van der Waals surface area contributed by atoms with E-state index in [2.05, 4.69) is 26.6 Å². The molecule has 1 aromatic rings. The average molecular weight is 441 g/mol. The van der Waals surface area contributed by atoms with E-state index >= 15 is 0 Å². The zero-order valence-electron chi connectivity index (χ0n) is 16.4. The highest BCUT2D eigenvalue weighted by Crippen LogP contribution is 2.25. The molecule has 2 amide bonds. The van der Waals surface area contributed by atoms with Crippen molar-refractivity contribution < 1.29 is 19.1 Å². The summed E-state index contributed by atoms with van der Waals surface area (Å²) in [6.07, 6.45) is 1.96. The lowest BCUT2D eigenvalue weighted by molar-refractivity contribution is -0.122. The molecule has 6 nitrogen and oxygen atoms in total. The van der Waals surface area contributed by atoms with Gasteiger partial charge in [-0.3, -0.25) is 9.59 Å². The molecule has 0 aromatic heterocycles. The number of carbonyl (C=O) groups is 3. The van der Waals surface area contributed by atoms with Crippen LogP contribution in [-0.4, -0.2) is 35.8 Å². The van der Waals surface area contributed by atoms with Crippen LogP contribution in [0.2, 0.25) is 0 Å². The number of anilines is 1. The van der Waals surface area contributed by atoms with Gasteiger partial charge >= 0.3 is 5.97 Å². The summed E-state index contributed by atoms with van der Waals surface area (Å²) in [5.41, 5.74) is 0.831. The van der Waals surface area contributed by atoms with Gasteiger partial charge in [0.15, 0.2) is 0 Å². The number of unbranched alkanes of at least 4 members (excludes halogenated alkanes) is 1. The van der Waals surface area contributed by atoms with Gasteiger partial charge < -0.3 is 15.4 Å². The topological polar surface area (TPSA) is 84.5 Å². The van der Waals surface area contributed by atoms with Crippen molar-refractivity contribution in [3.8, 4) is 0 Å². The maximum atomic E-state index is 12.0. The summed E-state index contributed by atoms with van der Waals surface area (Å²) >= 11 is 3.37. The SMILES string of the molecule is CCCCOC(=O)c1ccc(NC(=O)CCNC(=O)[C@H](Br)C(C)(C)C)cc1. The summed E-state index contributed by atoms with van der Waals surface area (Å²) in [5, 5.41) is 5.49. The van der Waals surface area contributed by atoms with Crippen molar-refractivity contribution in [2.24, 2.45) is 5.41 Å². The summed E-state index contributed by atoms with van der Waals surface area (Å²) in [6.45, 7) is 8.57. The molecular weight excluding hydrogens is 412 g/mol. The van der Waals surface area contributed by atoms with Gasteiger partial charge in [-0.1, -0.05) is 50.0 Å². The van der Waals surface area contributed by atoms with Crippen molar-refractivity contribution in [3.05, 3.63) is 29.8 Å². The molecule has 0 radical (unpaired) electrons. The third-order valence-corrected chi connectivity index (χ3v) is 5.57. The van der Waals surface area contributed by atoms with E-state index in [0.29, 0.717) is 17.9 Å². The lowest BCUT2D eigenvalue weighted by Crippen LogP contribution is -2.39. The quantitative estimate of drug-likeness (QED) is 0.346. The van der Waals surface area contributed by atoms with E-state index in [1.165, 1.54) is 0 Å². The summed E-state index contributed by atoms with van der Waals surface area (Å²) < 4.78 is 5.14. The number of benzene rings is 1. The fraction of sp³-hybridized carbons (Fsp3) is 0.550. The Bertz CT molecular complexity index is 638.